The molecule has 0 N–H and O–H groups in total. The van der Waals surface area contributed by atoms with E-state index in [1.165, 1.54) is 5.56 Å². The van der Waals surface area contributed by atoms with Gasteiger partial charge in [-0.1, -0.05) is 41.1 Å². The predicted octanol–water partition coefficient (Wildman–Crippen LogP) is 3.03. The lowest BCUT2D eigenvalue weighted by molar-refractivity contribution is 0.196. The Hall–Kier alpha value is -0.950. The highest BCUT2D eigenvalue weighted by Gasteiger charge is 2.32. The van der Waals surface area contributed by atoms with Crippen molar-refractivity contribution in [1.29, 1.82) is 0 Å². The molecular weight excluding hydrogens is 388 g/mol. The quantitative estimate of drug-likeness (QED) is 0.783. The summed E-state index contributed by atoms with van der Waals surface area (Å²) in [5, 5.41) is 2.26. The molecule has 1 heterocycles. The molecule has 1 aliphatic heterocycles. The zero-order valence-electron chi connectivity index (χ0n) is 13.8. The summed E-state index contributed by atoms with van der Waals surface area (Å²) in [6.07, 6.45) is 1.74. The third-order valence-corrected chi connectivity index (χ3v) is 7.93. The van der Waals surface area contributed by atoms with Crippen molar-refractivity contribution < 1.29 is 8.42 Å². The van der Waals surface area contributed by atoms with Gasteiger partial charge in [-0.3, -0.25) is 0 Å². The monoisotopic (exact) mass is 408 g/mol. The third kappa shape index (κ3) is 2.51. The van der Waals surface area contributed by atoms with Crippen LogP contribution in [-0.4, -0.2) is 50.3 Å². The molecule has 2 aliphatic rings. The molecule has 1 aliphatic carbocycles. The van der Waals surface area contributed by atoms with Gasteiger partial charge >= 0.3 is 0 Å². The van der Waals surface area contributed by atoms with E-state index in [9.17, 15) is 8.42 Å². The van der Waals surface area contributed by atoms with Crippen molar-refractivity contribution in [3.8, 4) is 0 Å². The SMILES string of the molecule is CCN1CCN(S(=O)(=O)c2cc(Br)c3cccc4c3c2CC4)CC1. The fourth-order valence-electron chi connectivity index (χ4n) is 3.93. The minimum absolute atomic E-state index is 0.497. The van der Waals surface area contributed by atoms with E-state index in [0.717, 1.165) is 53.3 Å². The van der Waals surface area contributed by atoms with Crippen molar-refractivity contribution in [2.45, 2.75) is 24.7 Å². The standard InChI is InChI=1S/C18H21BrN2O2S/c1-2-20-8-10-21(11-9-20)24(22,23)17-12-16(19)14-5-3-4-13-6-7-15(17)18(13)14/h3-5,12H,2,6-11H2,1H3. The first-order valence-corrected chi connectivity index (χ1v) is 10.7. The molecule has 128 valence electrons. The van der Waals surface area contributed by atoms with E-state index >= 15 is 0 Å². The second-order valence-electron chi connectivity index (χ2n) is 6.51. The number of nitrogens with zero attached hydrogens (tertiary/aromatic N) is 2. The van der Waals surface area contributed by atoms with Gasteiger partial charge in [0, 0.05) is 30.7 Å². The Balaban J connectivity index is 1.80. The van der Waals surface area contributed by atoms with E-state index in [0.29, 0.717) is 18.0 Å². The Bertz CT molecular complexity index is 903. The minimum Gasteiger partial charge on any atom is -0.301 e. The fraction of sp³-hybridized carbons (Fsp3) is 0.444. The Labute approximate surface area is 151 Å². The molecule has 0 aromatic heterocycles. The van der Waals surface area contributed by atoms with Gasteiger partial charge < -0.3 is 4.90 Å². The molecule has 1 fully saturated rings. The number of aryl methyl sites for hydroxylation is 2. The summed E-state index contributed by atoms with van der Waals surface area (Å²) in [6.45, 7) is 5.87. The lowest BCUT2D eigenvalue weighted by Crippen LogP contribution is -2.48. The predicted molar refractivity (Wildman–Crippen MR) is 99.9 cm³/mol. The lowest BCUT2D eigenvalue weighted by Gasteiger charge is -2.33. The van der Waals surface area contributed by atoms with E-state index in [1.54, 1.807) is 4.31 Å². The van der Waals surface area contributed by atoms with Crippen LogP contribution in [0.1, 0.15) is 18.1 Å². The molecule has 1 saturated heterocycles. The van der Waals surface area contributed by atoms with E-state index in [4.69, 9.17) is 0 Å². The molecule has 0 amide bonds. The van der Waals surface area contributed by atoms with Gasteiger partial charge in [-0.15, -0.1) is 0 Å². The first-order valence-electron chi connectivity index (χ1n) is 8.48. The number of hydrogen-bond donors (Lipinski definition) is 0. The van der Waals surface area contributed by atoms with Crippen molar-refractivity contribution in [3.05, 3.63) is 39.9 Å². The Morgan fingerprint density at radius 1 is 1.12 bits per heavy atom. The van der Waals surface area contributed by atoms with Gasteiger partial charge in [0.2, 0.25) is 10.0 Å². The number of hydrogen-bond acceptors (Lipinski definition) is 3. The zero-order valence-corrected chi connectivity index (χ0v) is 16.2. The highest BCUT2D eigenvalue weighted by Crippen LogP contribution is 2.40. The molecule has 0 unspecified atom stereocenters. The number of rotatable bonds is 3. The van der Waals surface area contributed by atoms with Crippen molar-refractivity contribution in [3.63, 3.8) is 0 Å². The van der Waals surface area contributed by atoms with Gasteiger partial charge in [0.25, 0.3) is 0 Å². The minimum atomic E-state index is -3.44. The van der Waals surface area contributed by atoms with Gasteiger partial charge in [-0.25, -0.2) is 8.42 Å². The molecule has 0 bridgehead atoms. The normalized spacial score (nSPS) is 19.2. The smallest absolute Gasteiger partial charge is 0.243 e. The molecule has 4 rings (SSSR count). The molecule has 2 aromatic rings. The summed E-state index contributed by atoms with van der Waals surface area (Å²) in [7, 11) is -3.44. The summed E-state index contributed by atoms with van der Waals surface area (Å²) in [4.78, 5) is 2.79. The largest absolute Gasteiger partial charge is 0.301 e. The van der Waals surface area contributed by atoms with E-state index in [1.807, 2.05) is 6.07 Å². The molecule has 0 radical (unpaired) electrons. The van der Waals surface area contributed by atoms with Crippen LogP contribution in [0.2, 0.25) is 0 Å². The number of sulfonamides is 1. The second kappa shape index (κ2) is 6.09. The zero-order chi connectivity index (χ0) is 16.9. The van der Waals surface area contributed by atoms with Crippen molar-refractivity contribution >= 4 is 36.7 Å². The van der Waals surface area contributed by atoms with Crippen molar-refractivity contribution in [1.82, 2.24) is 9.21 Å². The summed E-state index contributed by atoms with van der Waals surface area (Å²) >= 11 is 3.59. The van der Waals surface area contributed by atoms with Crippen molar-refractivity contribution in [2.75, 3.05) is 32.7 Å². The Morgan fingerprint density at radius 2 is 1.88 bits per heavy atom. The maximum Gasteiger partial charge on any atom is 0.243 e. The van der Waals surface area contributed by atoms with Crippen LogP contribution in [-0.2, 0) is 22.9 Å². The Kier molecular flexibility index (Phi) is 4.19. The van der Waals surface area contributed by atoms with Crippen LogP contribution >= 0.6 is 15.9 Å². The molecule has 0 saturated carbocycles. The number of halogens is 1. The van der Waals surface area contributed by atoms with Crippen LogP contribution in [0.25, 0.3) is 10.8 Å². The number of piperazine rings is 1. The number of benzene rings is 2. The van der Waals surface area contributed by atoms with E-state index in [2.05, 4.69) is 46.0 Å². The number of likely N-dealkylation sites (N-methyl/N-ethyl adjacent to an activating group) is 1. The molecular formula is C18H21BrN2O2S. The van der Waals surface area contributed by atoms with Gasteiger partial charge in [-0.2, -0.15) is 4.31 Å². The second-order valence-corrected chi connectivity index (χ2v) is 9.27. The first kappa shape index (κ1) is 16.5. The maximum atomic E-state index is 13.3. The van der Waals surface area contributed by atoms with Crippen LogP contribution < -0.4 is 0 Å². The highest BCUT2D eigenvalue weighted by molar-refractivity contribution is 9.10. The van der Waals surface area contributed by atoms with Gasteiger partial charge in [0.1, 0.15) is 0 Å². The van der Waals surface area contributed by atoms with Gasteiger partial charge in [-0.05, 0) is 47.4 Å². The van der Waals surface area contributed by atoms with Crippen molar-refractivity contribution in [2.24, 2.45) is 0 Å². The van der Waals surface area contributed by atoms with Crippen LogP contribution in [0.5, 0.6) is 0 Å². The summed E-state index contributed by atoms with van der Waals surface area (Å²) in [5.41, 5.74) is 2.26. The lowest BCUT2D eigenvalue weighted by atomic mass is 10.1. The molecule has 2 aromatic carbocycles. The summed E-state index contributed by atoms with van der Waals surface area (Å²) in [5.74, 6) is 0. The topological polar surface area (TPSA) is 40.6 Å². The van der Waals surface area contributed by atoms with Crippen LogP contribution in [0.3, 0.4) is 0 Å². The highest BCUT2D eigenvalue weighted by atomic mass is 79.9. The fourth-order valence-corrected chi connectivity index (χ4v) is 6.35. The average Bonchev–Trinajstić information content (AvgIpc) is 3.03. The maximum absolute atomic E-state index is 13.3. The summed E-state index contributed by atoms with van der Waals surface area (Å²) in [6, 6.07) is 8.04. The molecule has 4 nitrogen and oxygen atoms in total. The third-order valence-electron chi connectivity index (χ3n) is 5.31. The molecule has 24 heavy (non-hydrogen) atoms. The van der Waals surface area contributed by atoms with E-state index in [-0.39, 0.29) is 0 Å². The van der Waals surface area contributed by atoms with Crippen LogP contribution in [0.15, 0.2) is 33.6 Å². The van der Waals surface area contributed by atoms with E-state index < -0.39 is 10.0 Å². The average molecular weight is 409 g/mol. The van der Waals surface area contributed by atoms with Gasteiger partial charge in [0.05, 0.1) is 4.90 Å². The summed E-state index contributed by atoms with van der Waals surface area (Å²) < 4.78 is 29.1. The Morgan fingerprint density at radius 3 is 2.58 bits per heavy atom. The molecule has 0 atom stereocenters. The molecule has 0 spiro atoms. The van der Waals surface area contributed by atoms with Crippen LogP contribution in [0.4, 0.5) is 0 Å². The van der Waals surface area contributed by atoms with Gasteiger partial charge in [0.15, 0.2) is 0 Å². The van der Waals surface area contributed by atoms with Crippen LogP contribution in [0, 0.1) is 0 Å². The first-order chi connectivity index (χ1) is 11.5. The molecule has 6 heteroatoms.